The molecule has 4 aromatic rings. The molecule has 1 fully saturated rings. The van der Waals surface area contributed by atoms with Crippen molar-refractivity contribution in [2.45, 2.75) is 19.3 Å². The van der Waals surface area contributed by atoms with Gasteiger partial charge in [-0.2, -0.15) is 9.78 Å². The van der Waals surface area contributed by atoms with E-state index in [1.54, 1.807) is 18.2 Å². The number of phenolic OH excluding ortho intramolecular Hbond substituents is 1. The molecule has 0 radical (unpaired) electrons. The molecular formula is C26H25N4O4+. The molecular weight excluding hydrogens is 432 g/mol. The van der Waals surface area contributed by atoms with Crippen LogP contribution in [0.2, 0.25) is 0 Å². The highest BCUT2D eigenvalue weighted by Crippen LogP contribution is 2.34. The van der Waals surface area contributed by atoms with Crippen molar-refractivity contribution in [1.82, 2.24) is 9.78 Å². The molecule has 2 heterocycles. The van der Waals surface area contributed by atoms with Gasteiger partial charge >= 0.3 is 5.69 Å². The number of benzene rings is 3. The van der Waals surface area contributed by atoms with E-state index in [1.807, 2.05) is 42.5 Å². The van der Waals surface area contributed by atoms with E-state index in [1.165, 1.54) is 24.3 Å². The number of rotatable bonds is 5. The summed E-state index contributed by atoms with van der Waals surface area (Å²) < 4.78 is 1.23. The summed E-state index contributed by atoms with van der Waals surface area (Å²) in [5.41, 5.74) is 2.13. The number of phenols is 1. The van der Waals surface area contributed by atoms with Gasteiger partial charge in [0.25, 0.3) is 10.5 Å². The van der Waals surface area contributed by atoms with Crippen LogP contribution < -0.4 is 10.5 Å². The average Bonchev–Trinajstić information content (AvgIpc) is 2.89. The summed E-state index contributed by atoms with van der Waals surface area (Å²) in [6, 6.07) is 19.5. The van der Waals surface area contributed by atoms with E-state index in [0.717, 1.165) is 37.2 Å². The quantitative estimate of drug-likeness (QED) is 0.436. The zero-order valence-electron chi connectivity index (χ0n) is 18.8. The van der Waals surface area contributed by atoms with Crippen molar-refractivity contribution in [2.24, 2.45) is 0 Å². The zero-order valence-corrected chi connectivity index (χ0v) is 18.8. The zero-order chi connectivity index (χ0) is 23.7. The molecule has 1 saturated heterocycles. The Balaban J connectivity index is 1.81. The second-order valence-electron chi connectivity index (χ2n) is 8.29. The molecule has 8 nitrogen and oxygen atoms in total. The summed E-state index contributed by atoms with van der Waals surface area (Å²) in [6.07, 6.45) is 3.37. The molecule has 0 unspecified atom stereocenters. The van der Waals surface area contributed by atoms with E-state index in [2.05, 4.69) is 10.00 Å². The van der Waals surface area contributed by atoms with Gasteiger partial charge in [0.2, 0.25) is 0 Å². The first-order valence-electron chi connectivity index (χ1n) is 11.3. The number of fused-ring (bicyclic) bond motifs is 1. The Hall–Kier alpha value is -4.20. The standard InChI is InChI=1S/C26H24N4O4/c1-34-30(33)21-14-13-19(28-15-6-3-7-16-28)17-22(21)29-26(32)20-11-8-12-23(31)24(20)25(27-29)18-9-4-2-5-10-18/h2,4-5,8-14,17H,3,6-7,15-16H2,1H3/p+1. The highest BCUT2D eigenvalue weighted by atomic mass is 16.8. The van der Waals surface area contributed by atoms with Gasteiger partial charge in [0.1, 0.15) is 11.4 Å². The lowest BCUT2D eigenvalue weighted by Gasteiger charge is -2.29. The third-order valence-corrected chi connectivity index (χ3v) is 6.22. The van der Waals surface area contributed by atoms with E-state index >= 15 is 0 Å². The fourth-order valence-corrected chi connectivity index (χ4v) is 4.52. The van der Waals surface area contributed by atoms with Gasteiger partial charge in [0.05, 0.1) is 15.7 Å². The van der Waals surface area contributed by atoms with Crippen LogP contribution in [0.3, 0.4) is 0 Å². The van der Waals surface area contributed by atoms with Crippen molar-refractivity contribution in [3.05, 3.63) is 82.0 Å². The Bertz CT molecular complexity index is 1430. The van der Waals surface area contributed by atoms with Crippen LogP contribution in [0.4, 0.5) is 11.4 Å². The minimum absolute atomic E-state index is 0.0299. The first-order chi connectivity index (χ1) is 16.6. The number of aromatic nitrogens is 2. The van der Waals surface area contributed by atoms with Crippen LogP contribution in [0.25, 0.3) is 27.7 Å². The van der Waals surface area contributed by atoms with Gasteiger partial charge < -0.3 is 10.0 Å². The van der Waals surface area contributed by atoms with Crippen molar-refractivity contribution < 1.29 is 14.9 Å². The summed E-state index contributed by atoms with van der Waals surface area (Å²) in [5, 5.41) is 16.0. The molecule has 172 valence electrons. The normalized spacial score (nSPS) is 13.7. The van der Waals surface area contributed by atoms with Gasteiger partial charge in [-0.05, 0) is 43.5 Å². The third kappa shape index (κ3) is 3.77. The van der Waals surface area contributed by atoms with Crippen LogP contribution in [-0.2, 0) is 4.84 Å². The Morgan fingerprint density at radius 3 is 2.47 bits per heavy atom. The summed E-state index contributed by atoms with van der Waals surface area (Å²) in [5.74, 6) is -0.0299. The smallest absolute Gasteiger partial charge is 0.342 e. The minimum Gasteiger partial charge on any atom is -0.507 e. The molecule has 1 aromatic heterocycles. The summed E-state index contributed by atoms with van der Waals surface area (Å²) >= 11 is 0. The predicted octanol–water partition coefficient (Wildman–Crippen LogP) is 4.72. The molecule has 0 saturated carbocycles. The summed E-state index contributed by atoms with van der Waals surface area (Å²) in [7, 11) is 1.28. The van der Waals surface area contributed by atoms with Crippen molar-refractivity contribution >= 4 is 22.1 Å². The number of piperidine rings is 1. The molecule has 0 bridgehead atoms. The van der Waals surface area contributed by atoms with Crippen LogP contribution in [0.15, 0.2) is 71.5 Å². The molecule has 0 aliphatic carbocycles. The molecule has 34 heavy (non-hydrogen) atoms. The lowest BCUT2D eigenvalue weighted by Crippen LogP contribution is -2.30. The van der Waals surface area contributed by atoms with Crippen LogP contribution in [0, 0.1) is 4.91 Å². The van der Waals surface area contributed by atoms with E-state index in [-0.39, 0.29) is 11.4 Å². The van der Waals surface area contributed by atoms with Gasteiger partial charge in [-0.25, -0.2) is 4.84 Å². The molecule has 1 N–H and O–H groups in total. The molecule has 1 aliphatic rings. The minimum atomic E-state index is -0.438. The Morgan fingerprint density at radius 1 is 0.971 bits per heavy atom. The number of anilines is 1. The second-order valence-corrected chi connectivity index (χ2v) is 8.29. The molecule has 8 heteroatoms. The van der Waals surface area contributed by atoms with Gasteiger partial charge in [0.15, 0.2) is 12.8 Å². The van der Waals surface area contributed by atoms with Gasteiger partial charge in [0, 0.05) is 30.4 Å². The predicted molar refractivity (Wildman–Crippen MR) is 131 cm³/mol. The first-order valence-corrected chi connectivity index (χ1v) is 11.3. The Kier molecular flexibility index (Phi) is 5.71. The lowest BCUT2D eigenvalue weighted by molar-refractivity contribution is -0.736. The van der Waals surface area contributed by atoms with Crippen molar-refractivity contribution in [1.29, 1.82) is 0 Å². The summed E-state index contributed by atoms with van der Waals surface area (Å²) in [4.78, 5) is 33.8. The molecule has 0 atom stereocenters. The van der Waals surface area contributed by atoms with E-state index in [4.69, 9.17) is 4.84 Å². The maximum atomic E-state index is 13.6. The lowest BCUT2D eigenvalue weighted by atomic mass is 10.0. The fraction of sp³-hybridized carbons (Fsp3) is 0.231. The van der Waals surface area contributed by atoms with Crippen molar-refractivity contribution in [3.8, 4) is 22.7 Å². The van der Waals surface area contributed by atoms with Crippen LogP contribution in [0.5, 0.6) is 5.75 Å². The van der Waals surface area contributed by atoms with Crippen molar-refractivity contribution in [3.63, 3.8) is 0 Å². The summed E-state index contributed by atoms with van der Waals surface area (Å²) in [6.45, 7) is 1.82. The van der Waals surface area contributed by atoms with E-state index in [9.17, 15) is 14.8 Å². The highest BCUT2D eigenvalue weighted by Gasteiger charge is 2.27. The maximum Gasteiger partial charge on any atom is 0.342 e. The van der Waals surface area contributed by atoms with Crippen molar-refractivity contribution in [2.75, 3.05) is 25.1 Å². The van der Waals surface area contributed by atoms with Crippen LogP contribution in [0.1, 0.15) is 19.3 Å². The fourth-order valence-electron chi connectivity index (χ4n) is 4.52. The SMILES string of the molecule is CO[N+](=O)c1ccc(N2CCCCC2)cc1-n1nc(-c2ccccc2)c2c(O)cccc2c1=O. The van der Waals surface area contributed by atoms with E-state index in [0.29, 0.717) is 27.1 Å². The highest BCUT2D eigenvalue weighted by molar-refractivity contribution is 5.98. The van der Waals surface area contributed by atoms with E-state index < -0.39 is 5.56 Å². The Labute approximate surface area is 196 Å². The van der Waals surface area contributed by atoms with Gasteiger partial charge in [-0.1, -0.05) is 36.4 Å². The van der Waals surface area contributed by atoms with Gasteiger partial charge in [-0.15, -0.1) is 0 Å². The van der Waals surface area contributed by atoms with Crippen LogP contribution >= 0.6 is 0 Å². The number of aromatic hydroxyl groups is 1. The van der Waals surface area contributed by atoms with Crippen LogP contribution in [-0.4, -0.2) is 40.0 Å². The Morgan fingerprint density at radius 2 is 1.74 bits per heavy atom. The molecule has 5 rings (SSSR count). The number of hydrogen-bond acceptors (Lipinski definition) is 6. The topological polar surface area (TPSA) is 87.7 Å². The number of hydrogen-bond donors (Lipinski definition) is 1. The largest absolute Gasteiger partial charge is 0.507 e. The second kappa shape index (κ2) is 8.97. The van der Waals surface area contributed by atoms with Gasteiger partial charge in [-0.3, -0.25) is 4.79 Å². The monoisotopic (exact) mass is 457 g/mol. The molecule has 0 amide bonds. The maximum absolute atomic E-state index is 13.6. The number of nitrogens with zero attached hydrogens (tertiary/aromatic N) is 4. The average molecular weight is 458 g/mol. The molecule has 1 aliphatic heterocycles. The first kappa shape index (κ1) is 21.6. The third-order valence-electron chi connectivity index (χ3n) is 6.22. The molecule has 3 aromatic carbocycles. The molecule has 0 spiro atoms.